The van der Waals surface area contributed by atoms with Crippen molar-refractivity contribution >= 4 is 53.9 Å². The maximum Gasteiger partial charge on any atom is 0.527 e. The smallest absolute Gasteiger partial charge is 0.433 e. The molecule has 1 aliphatic heterocycles. The predicted molar refractivity (Wildman–Crippen MR) is 152 cm³/mol. The molecule has 2 aromatic heterocycles. The number of fused-ring (bicyclic) bond motifs is 1. The topological polar surface area (TPSA) is 132 Å². The van der Waals surface area contributed by atoms with Gasteiger partial charge in [-0.3, -0.25) is 0 Å². The number of halogens is 2. The first-order valence-corrected chi connectivity index (χ1v) is 13.7. The standard InChI is InChI=1S/C25H40N8O3.2ClH/c1-2-15-35-25(34)36-32-13-11-19(12-14-32)28-22-21-23(33(16-27-21)20-5-3-4-6-20)31-24(30-22)29-18-9-7-17(26)8-10-18;;/h16-20H,2-15,26H2,1H3,(H2,28,29,30,31);2*1H/t17-,18-;;. The molecule has 5 rings (SSSR count). The maximum atomic E-state index is 11.8. The molecule has 1 saturated heterocycles. The van der Waals surface area contributed by atoms with Gasteiger partial charge in [0, 0.05) is 37.3 Å². The summed E-state index contributed by atoms with van der Waals surface area (Å²) in [6.07, 6.45) is 12.7. The third kappa shape index (κ3) is 7.52. The summed E-state index contributed by atoms with van der Waals surface area (Å²) in [5.74, 6) is 1.43. The van der Waals surface area contributed by atoms with Crippen molar-refractivity contribution in [3.05, 3.63) is 6.33 Å². The SMILES string of the molecule is CCCOC(=O)ON1CCC(Nc2nc(N[C@H]3CC[C@H](N)CC3)nc3c2ncn3C2CCCC2)CC1.Cl.Cl. The van der Waals surface area contributed by atoms with Crippen LogP contribution in [-0.4, -0.2) is 68.6 Å². The molecule has 2 aliphatic carbocycles. The third-order valence-corrected chi connectivity index (χ3v) is 7.67. The highest BCUT2D eigenvalue weighted by molar-refractivity contribution is 5.86. The number of anilines is 2. The van der Waals surface area contributed by atoms with Gasteiger partial charge in [0.1, 0.15) is 0 Å². The van der Waals surface area contributed by atoms with Gasteiger partial charge in [0.05, 0.1) is 12.9 Å². The number of piperidine rings is 1. The Labute approximate surface area is 236 Å². The molecule has 0 unspecified atom stereocenters. The summed E-state index contributed by atoms with van der Waals surface area (Å²) in [6, 6.07) is 1.29. The molecule has 0 atom stereocenters. The Morgan fingerprint density at radius 3 is 2.37 bits per heavy atom. The number of carbonyl (C=O) groups excluding carboxylic acids is 1. The van der Waals surface area contributed by atoms with E-state index >= 15 is 0 Å². The second-order valence-electron chi connectivity index (χ2n) is 10.5. The van der Waals surface area contributed by atoms with Crippen molar-refractivity contribution in [1.82, 2.24) is 24.6 Å². The molecule has 214 valence electrons. The van der Waals surface area contributed by atoms with Gasteiger partial charge < -0.3 is 30.5 Å². The second-order valence-corrected chi connectivity index (χ2v) is 10.5. The van der Waals surface area contributed by atoms with E-state index in [1.54, 1.807) is 5.06 Å². The van der Waals surface area contributed by atoms with Crippen LogP contribution in [0.2, 0.25) is 0 Å². The molecule has 0 bridgehead atoms. The summed E-state index contributed by atoms with van der Waals surface area (Å²) in [6.45, 7) is 3.60. The number of nitrogens with zero attached hydrogens (tertiary/aromatic N) is 5. The van der Waals surface area contributed by atoms with Gasteiger partial charge in [0.25, 0.3) is 0 Å². The van der Waals surface area contributed by atoms with Gasteiger partial charge in [-0.05, 0) is 57.8 Å². The fourth-order valence-corrected chi connectivity index (χ4v) is 5.58. The molecule has 13 heteroatoms. The number of rotatable bonds is 8. The van der Waals surface area contributed by atoms with E-state index in [1.807, 2.05) is 13.3 Å². The Kier molecular flexibility index (Phi) is 11.5. The average Bonchev–Trinajstić information content (AvgIpc) is 3.55. The molecule has 0 aromatic carbocycles. The van der Waals surface area contributed by atoms with E-state index < -0.39 is 6.16 Å². The minimum absolute atomic E-state index is 0. The number of ether oxygens (including phenoxy) is 1. The van der Waals surface area contributed by atoms with Crippen molar-refractivity contribution in [2.75, 3.05) is 30.3 Å². The van der Waals surface area contributed by atoms with Crippen LogP contribution in [0.3, 0.4) is 0 Å². The number of carbonyl (C=O) groups is 1. The van der Waals surface area contributed by atoms with Crippen molar-refractivity contribution < 1.29 is 14.4 Å². The van der Waals surface area contributed by atoms with Crippen molar-refractivity contribution in [3.8, 4) is 0 Å². The molecular formula is C25H42Cl2N8O3. The van der Waals surface area contributed by atoms with E-state index in [4.69, 9.17) is 30.3 Å². The Balaban J connectivity index is 0.00000200. The molecule has 2 aromatic rings. The number of nitrogens with one attached hydrogen (secondary N) is 2. The van der Waals surface area contributed by atoms with Crippen LogP contribution in [0.1, 0.15) is 83.6 Å². The summed E-state index contributed by atoms with van der Waals surface area (Å²) in [5.41, 5.74) is 7.82. The summed E-state index contributed by atoms with van der Waals surface area (Å²) in [5, 5.41) is 8.90. The number of nitrogens with two attached hydrogens (primary N) is 1. The first-order valence-electron chi connectivity index (χ1n) is 13.7. The average molecular weight is 574 g/mol. The number of hydrogen-bond donors (Lipinski definition) is 3. The van der Waals surface area contributed by atoms with Crippen LogP contribution in [0, 0.1) is 0 Å². The summed E-state index contributed by atoms with van der Waals surface area (Å²) < 4.78 is 7.28. The van der Waals surface area contributed by atoms with Crippen LogP contribution in [0.25, 0.3) is 11.2 Å². The lowest BCUT2D eigenvalue weighted by Crippen LogP contribution is -2.40. The molecular weight excluding hydrogens is 531 g/mol. The molecule has 38 heavy (non-hydrogen) atoms. The minimum Gasteiger partial charge on any atom is -0.433 e. The lowest BCUT2D eigenvalue weighted by Gasteiger charge is -2.31. The van der Waals surface area contributed by atoms with Gasteiger partial charge in [-0.15, -0.1) is 29.9 Å². The van der Waals surface area contributed by atoms with E-state index in [0.29, 0.717) is 43.8 Å². The van der Waals surface area contributed by atoms with Crippen molar-refractivity contribution in [1.29, 1.82) is 0 Å². The molecule has 0 spiro atoms. The van der Waals surface area contributed by atoms with E-state index in [0.717, 1.165) is 61.9 Å². The molecule has 4 N–H and O–H groups in total. The molecule has 2 saturated carbocycles. The van der Waals surface area contributed by atoms with Crippen molar-refractivity contribution in [3.63, 3.8) is 0 Å². The Bertz CT molecular complexity index is 1020. The van der Waals surface area contributed by atoms with Crippen molar-refractivity contribution in [2.24, 2.45) is 5.73 Å². The van der Waals surface area contributed by atoms with Crippen LogP contribution < -0.4 is 16.4 Å². The molecule has 3 fully saturated rings. The van der Waals surface area contributed by atoms with E-state index in [9.17, 15) is 4.79 Å². The quantitative estimate of drug-likeness (QED) is 0.378. The summed E-state index contributed by atoms with van der Waals surface area (Å²) in [4.78, 5) is 31.7. The van der Waals surface area contributed by atoms with Gasteiger partial charge in [-0.1, -0.05) is 19.8 Å². The van der Waals surface area contributed by atoms with Crippen LogP contribution in [-0.2, 0) is 9.57 Å². The van der Waals surface area contributed by atoms with E-state index in [-0.39, 0.29) is 30.9 Å². The first-order chi connectivity index (χ1) is 17.6. The Morgan fingerprint density at radius 1 is 1.00 bits per heavy atom. The zero-order chi connectivity index (χ0) is 24.9. The lowest BCUT2D eigenvalue weighted by molar-refractivity contribution is -0.138. The Morgan fingerprint density at radius 2 is 1.68 bits per heavy atom. The summed E-state index contributed by atoms with van der Waals surface area (Å²) >= 11 is 0. The van der Waals surface area contributed by atoms with Crippen LogP contribution in [0.5, 0.6) is 0 Å². The fourth-order valence-electron chi connectivity index (χ4n) is 5.58. The molecule has 11 nitrogen and oxygen atoms in total. The van der Waals surface area contributed by atoms with Gasteiger partial charge in [0.2, 0.25) is 5.95 Å². The Hall–Kier alpha value is -2.08. The molecule has 3 heterocycles. The number of hydrogen-bond acceptors (Lipinski definition) is 10. The van der Waals surface area contributed by atoms with Crippen LogP contribution in [0.4, 0.5) is 16.6 Å². The second kappa shape index (κ2) is 14.3. The van der Waals surface area contributed by atoms with Gasteiger partial charge >= 0.3 is 6.16 Å². The number of imidazole rings is 1. The maximum absolute atomic E-state index is 11.8. The largest absolute Gasteiger partial charge is 0.527 e. The van der Waals surface area contributed by atoms with E-state index in [1.165, 1.54) is 25.7 Å². The number of aromatic nitrogens is 4. The molecule has 0 amide bonds. The van der Waals surface area contributed by atoms with Crippen LogP contribution in [0.15, 0.2) is 6.33 Å². The van der Waals surface area contributed by atoms with Crippen molar-refractivity contribution in [2.45, 2.75) is 102 Å². The van der Waals surface area contributed by atoms with Crippen LogP contribution >= 0.6 is 24.8 Å². The number of hydroxylamine groups is 2. The summed E-state index contributed by atoms with van der Waals surface area (Å²) in [7, 11) is 0. The highest BCUT2D eigenvalue weighted by atomic mass is 35.5. The van der Waals surface area contributed by atoms with Gasteiger partial charge in [-0.25, -0.2) is 9.78 Å². The minimum atomic E-state index is -0.627. The fraction of sp³-hybridized carbons (Fsp3) is 0.760. The first kappa shape index (κ1) is 30.5. The highest BCUT2D eigenvalue weighted by Gasteiger charge is 2.27. The molecule has 0 radical (unpaired) electrons. The predicted octanol–water partition coefficient (Wildman–Crippen LogP) is 4.82. The zero-order valence-electron chi connectivity index (χ0n) is 22.1. The zero-order valence-corrected chi connectivity index (χ0v) is 23.8. The van der Waals surface area contributed by atoms with E-state index in [2.05, 4.69) is 15.2 Å². The van der Waals surface area contributed by atoms with Gasteiger partial charge in [0.15, 0.2) is 17.0 Å². The third-order valence-electron chi connectivity index (χ3n) is 7.67. The monoisotopic (exact) mass is 572 g/mol. The highest BCUT2D eigenvalue weighted by Crippen LogP contribution is 2.34. The van der Waals surface area contributed by atoms with Gasteiger partial charge in [-0.2, -0.15) is 9.97 Å². The molecule has 3 aliphatic rings. The lowest BCUT2D eigenvalue weighted by atomic mass is 9.92. The normalized spacial score (nSPS) is 22.9.